The fourth-order valence-electron chi connectivity index (χ4n) is 4.26. The highest BCUT2D eigenvalue weighted by Gasteiger charge is 2.27. The molecular formula is C25H26FNO4. The standard InChI is InChI=1S/C25H26FNO4/c1-15-13-25(2,3)27-20-10-9-17(18-8-7-16(26)12-22(18)29-4)19(23(15)20)14-31-24(28)21-6-5-11-30-21/h6-10,12-13,27H,5,11,14H2,1-4H3. The Balaban J connectivity index is 1.82. The van der Waals surface area contributed by atoms with Gasteiger partial charge >= 0.3 is 5.97 Å². The minimum atomic E-state index is -0.488. The monoisotopic (exact) mass is 423 g/mol. The first-order valence-electron chi connectivity index (χ1n) is 10.3. The molecule has 2 aromatic rings. The second-order valence-corrected chi connectivity index (χ2v) is 8.31. The first-order chi connectivity index (χ1) is 14.8. The van der Waals surface area contributed by atoms with Crippen molar-refractivity contribution in [2.75, 3.05) is 19.0 Å². The summed E-state index contributed by atoms with van der Waals surface area (Å²) in [5.41, 5.74) is 5.16. The molecule has 6 heteroatoms. The van der Waals surface area contributed by atoms with E-state index in [0.717, 1.165) is 33.5 Å². The van der Waals surface area contributed by atoms with Gasteiger partial charge in [-0.2, -0.15) is 0 Å². The molecular weight excluding hydrogens is 397 g/mol. The Morgan fingerprint density at radius 3 is 2.71 bits per heavy atom. The van der Waals surface area contributed by atoms with Gasteiger partial charge < -0.3 is 19.5 Å². The van der Waals surface area contributed by atoms with E-state index in [9.17, 15) is 9.18 Å². The molecule has 0 saturated carbocycles. The molecule has 2 aliphatic rings. The van der Waals surface area contributed by atoms with Crippen molar-refractivity contribution < 1.29 is 23.4 Å². The van der Waals surface area contributed by atoms with E-state index in [-0.39, 0.29) is 23.7 Å². The molecule has 31 heavy (non-hydrogen) atoms. The molecule has 0 atom stereocenters. The molecule has 0 amide bonds. The van der Waals surface area contributed by atoms with Crippen molar-refractivity contribution in [1.29, 1.82) is 0 Å². The van der Waals surface area contributed by atoms with E-state index in [1.807, 2.05) is 19.1 Å². The van der Waals surface area contributed by atoms with Crippen LogP contribution in [0.1, 0.15) is 38.3 Å². The van der Waals surface area contributed by atoms with E-state index in [0.29, 0.717) is 18.8 Å². The second kappa shape index (κ2) is 8.10. The average molecular weight is 423 g/mol. The highest BCUT2D eigenvalue weighted by Crippen LogP contribution is 2.42. The first-order valence-corrected chi connectivity index (χ1v) is 10.3. The summed E-state index contributed by atoms with van der Waals surface area (Å²) < 4.78 is 30.2. The summed E-state index contributed by atoms with van der Waals surface area (Å²) in [6, 6.07) is 8.38. The predicted octanol–water partition coefficient (Wildman–Crippen LogP) is 5.46. The summed E-state index contributed by atoms with van der Waals surface area (Å²) in [5.74, 6) is -0.202. The predicted molar refractivity (Wildman–Crippen MR) is 118 cm³/mol. The van der Waals surface area contributed by atoms with Gasteiger partial charge in [0, 0.05) is 34.9 Å². The maximum absolute atomic E-state index is 13.8. The number of esters is 1. The number of anilines is 1. The third-order valence-corrected chi connectivity index (χ3v) is 5.45. The molecule has 1 N–H and O–H groups in total. The number of benzene rings is 2. The van der Waals surface area contributed by atoms with Crippen LogP contribution in [0.4, 0.5) is 10.1 Å². The normalized spacial score (nSPS) is 16.4. The minimum Gasteiger partial charge on any atom is -0.496 e. The smallest absolute Gasteiger partial charge is 0.373 e. The lowest BCUT2D eigenvalue weighted by atomic mass is 9.85. The van der Waals surface area contributed by atoms with Crippen LogP contribution in [0.5, 0.6) is 5.75 Å². The Morgan fingerprint density at radius 1 is 1.23 bits per heavy atom. The van der Waals surface area contributed by atoms with Crippen LogP contribution in [0.25, 0.3) is 16.7 Å². The number of rotatable bonds is 5. The van der Waals surface area contributed by atoms with E-state index >= 15 is 0 Å². The molecule has 0 bridgehead atoms. The van der Waals surface area contributed by atoms with Gasteiger partial charge in [0.2, 0.25) is 5.76 Å². The van der Waals surface area contributed by atoms with Gasteiger partial charge in [-0.05, 0) is 56.2 Å². The van der Waals surface area contributed by atoms with Gasteiger partial charge in [0.15, 0.2) is 0 Å². The van der Waals surface area contributed by atoms with Crippen LogP contribution in [0, 0.1) is 5.82 Å². The average Bonchev–Trinajstić information content (AvgIpc) is 3.25. The van der Waals surface area contributed by atoms with E-state index < -0.39 is 5.97 Å². The van der Waals surface area contributed by atoms with Crippen LogP contribution in [0.3, 0.4) is 0 Å². The van der Waals surface area contributed by atoms with Gasteiger partial charge in [-0.25, -0.2) is 9.18 Å². The fourth-order valence-corrected chi connectivity index (χ4v) is 4.26. The largest absolute Gasteiger partial charge is 0.496 e. The summed E-state index contributed by atoms with van der Waals surface area (Å²) in [7, 11) is 1.51. The Bertz CT molecular complexity index is 1100. The molecule has 4 rings (SSSR count). The molecule has 0 spiro atoms. The summed E-state index contributed by atoms with van der Waals surface area (Å²) >= 11 is 0. The Kier molecular flexibility index (Phi) is 5.48. The van der Waals surface area contributed by atoms with Gasteiger partial charge in [-0.3, -0.25) is 0 Å². The zero-order valence-corrected chi connectivity index (χ0v) is 18.2. The van der Waals surface area contributed by atoms with Gasteiger partial charge in [0.1, 0.15) is 18.2 Å². The van der Waals surface area contributed by atoms with Crippen molar-refractivity contribution in [2.45, 2.75) is 39.3 Å². The van der Waals surface area contributed by atoms with Gasteiger partial charge in [0.25, 0.3) is 0 Å². The van der Waals surface area contributed by atoms with Gasteiger partial charge in [-0.1, -0.05) is 12.1 Å². The third-order valence-electron chi connectivity index (χ3n) is 5.45. The molecule has 0 saturated heterocycles. The maximum Gasteiger partial charge on any atom is 0.373 e. The number of hydrogen-bond acceptors (Lipinski definition) is 5. The van der Waals surface area contributed by atoms with Crippen LogP contribution in [-0.4, -0.2) is 25.2 Å². The fraction of sp³-hybridized carbons (Fsp3) is 0.320. The molecule has 0 fully saturated rings. The summed E-state index contributed by atoms with van der Waals surface area (Å²) in [4.78, 5) is 12.5. The number of carbonyl (C=O) groups excluding carboxylic acids is 1. The topological polar surface area (TPSA) is 56.8 Å². The number of halogens is 1. The highest BCUT2D eigenvalue weighted by molar-refractivity contribution is 5.89. The van der Waals surface area contributed by atoms with Crippen molar-refractivity contribution >= 4 is 17.2 Å². The van der Waals surface area contributed by atoms with Gasteiger partial charge in [0.05, 0.1) is 19.3 Å². The molecule has 0 unspecified atom stereocenters. The highest BCUT2D eigenvalue weighted by atomic mass is 19.1. The zero-order chi connectivity index (χ0) is 22.2. The molecule has 2 heterocycles. The van der Waals surface area contributed by atoms with Crippen molar-refractivity contribution in [2.24, 2.45) is 0 Å². The molecule has 2 aromatic carbocycles. The Labute approximate surface area is 181 Å². The summed E-state index contributed by atoms with van der Waals surface area (Å²) in [6.07, 6.45) is 4.58. The number of carbonyl (C=O) groups is 1. The first kappa shape index (κ1) is 21.0. The number of methoxy groups -OCH3 is 1. The molecule has 0 aliphatic carbocycles. The number of hydrogen-bond donors (Lipinski definition) is 1. The number of fused-ring (bicyclic) bond motifs is 1. The number of nitrogens with one attached hydrogen (secondary N) is 1. The van der Waals surface area contributed by atoms with E-state index in [2.05, 4.69) is 25.2 Å². The zero-order valence-electron chi connectivity index (χ0n) is 18.2. The van der Waals surface area contributed by atoms with Crippen LogP contribution in [-0.2, 0) is 20.9 Å². The molecule has 162 valence electrons. The Hall–Kier alpha value is -3.28. The Morgan fingerprint density at radius 2 is 2.00 bits per heavy atom. The lowest BCUT2D eigenvalue weighted by Crippen LogP contribution is -2.32. The van der Waals surface area contributed by atoms with Crippen molar-refractivity contribution in [1.82, 2.24) is 0 Å². The quantitative estimate of drug-likeness (QED) is 0.648. The lowest BCUT2D eigenvalue weighted by Gasteiger charge is -2.33. The second-order valence-electron chi connectivity index (χ2n) is 8.31. The van der Waals surface area contributed by atoms with Crippen LogP contribution in [0.2, 0.25) is 0 Å². The van der Waals surface area contributed by atoms with E-state index in [1.165, 1.54) is 19.2 Å². The molecule has 0 aromatic heterocycles. The number of ether oxygens (including phenoxy) is 3. The van der Waals surface area contributed by atoms with Crippen LogP contribution >= 0.6 is 0 Å². The van der Waals surface area contributed by atoms with Crippen LogP contribution in [0.15, 0.2) is 48.2 Å². The van der Waals surface area contributed by atoms with E-state index in [1.54, 1.807) is 12.1 Å². The number of allylic oxidation sites excluding steroid dienone is 1. The molecule has 2 aliphatic heterocycles. The van der Waals surface area contributed by atoms with Crippen LogP contribution < -0.4 is 10.1 Å². The van der Waals surface area contributed by atoms with E-state index in [4.69, 9.17) is 14.2 Å². The van der Waals surface area contributed by atoms with Gasteiger partial charge in [-0.15, -0.1) is 0 Å². The SMILES string of the molecule is COc1cc(F)ccc1-c1ccc2c(c1COC(=O)C1=CCCO1)C(C)=CC(C)(C)N2. The minimum absolute atomic E-state index is 0.0475. The summed E-state index contributed by atoms with van der Waals surface area (Å²) in [5, 5.41) is 3.52. The summed E-state index contributed by atoms with van der Waals surface area (Å²) in [6.45, 7) is 6.77. The maximum atomic E-state index is 13.8. The third kappa shape index (κ3) is 4.15. The van der Waals surface area contributed by atoms with Crippen molar-refractivity contribution in [3.05, 3.63) is 65.2 Å². The molecule has 0 radical (unpaired) electrons. The van der Waals surface area contributed by atoms with Crippen molar-refractivity contribution in [3.8, 4) is 16.9 Å². The molecule has 5 nitrogen and oxygen atoms in total. The van der Waals surface area contributed by atoms with Crippen molar-refractivity contribution in [3.63, 3.8) is 0 Å². The lowest BCUT2D eigenvalue weighted by molar-refractivity contribution is -0.143.